The highest BCUT2D eigenvalue weighted by Crippen LogP contribution is 2.31. The summed E-state index contributed by atoms with van der Waals surface area (Å²) in [5.41, 5.74) is 10.3. The molecule has 1 heterocycles. The zero-order valence-electron chi connectivity index (χ0n) is 15.6. The van der Waals surface area contributed by atoms with E-state index in [0.29, 0.717) is 11.3 Å². The van der Waals surface area contributed by atoms with Crippen molar-refractivity contribution >= 4 is 41.3 Å². The molecule has 0 saturated heterocycles. The van der Waals surface area contributed by atoms with Gasteiger partial charge in [0.25, 0.3) is 5.91 Å². The van der Waals surface area contributed by atoms with Crippen LogP contribution in [-0.2, 0) is 11.2 Å². The van der Waals surface area contributed by atoms with Crippen LogP contribution in [0.3, 0.4) is 0 Å². The van der Waals surface area contributed by atoms with Gasteiger partial charge in [-0.3, -0.25) is 9.59 Å². The van der Waals surface area contributed by atoms with Crippen molar-refractivity contribution in [3.63, 3.8) is 0 Å². The molecule has 0 aromatic heterocycles. The molecule has 1 aliphatic rings. The van der Waals surface area contributed by atoms with E-state index in [1.807, 2.05) is 18.2 Å². The highest BCUT2D eigenvalue weighted by molar-refractivity contribution is 5.96. The van der Waals surface area contributed by atoms with Crippen molar-refractivity contribution in [1.82, 2.24) is 4.90 Å². The fraction of sp³-hybridized carbons (Fsp3) is 0.300. The Bertz CT molecular complexity index is 821. The second-order valence-corrected chi connectivity index (χ2v) is 6.70. The van der Waals surface area contributed by atoms with Gasteiger partial charge in [0.1, 0.15) is 0 Å². The molecule has 27 heavy (non-hydrogen) atoms. The molecule has 0 spiro atoms. The first-order valence-corrected chi connectivity index (χ1v) is 8.69. The summed E-state index contributed by atoms with van der Waals surface area (Å²) in [6.45, 7) is 1.11. The summed E-state index contributed by atoms with van der Waals surface area (Å²) in [5.74, 6) is -0.155. The number of amides is 2. The van der Waals surface area contributed by atoms with Crippen molar-refractivity contribution in [1.29, 1.82) is 0 Å². The number of benzene rings is 2. The Balaban J connectivity index is 0.00000261. The number of hydrogen-bond acceptors (Lipinski definition) is 4. The van der Waals surface area contributed by atoms with E-state index < -0.39 is 0 Å². The summed E-state index contributed by atoms with van der Waals surface area (Å²) in [6.07, 6.45) is 1.93. The van der Waals surface area contributed by atoms with E-state index in [-0.39, 0.29) is 30.8 Å². The van der Waals surface area contributed by atoms with E-state index in [4.69, 9.17) is 5.73 Å². The number of nitrogens with zero attached hydrogens (tertiary/aromatic N) is 2. The van der Waals surface area contributed by atoms with E-state index in [9.17, 15) is 9.59 Å². The van der Waals surface area contributed by atoms with Crippen molar-refractivity contribution in [2.75, 3.05) is 43.1 Å². The fourth-order valence-electron chi connectivity index (χ4n) is 3.22. The maximum absolute atomic E-state index is 12.4. The number of carbonyl (C=O) groups is 2. The predicted molar refractivity (Wildman–Crippen MR) is 112 cm³/mol. The number of anilines is 3. The number of fused-ring (bicyclic) bond motifs is 1. The van der Waals surface area contributed by atoms with Crippen LogP contribution in [0.2, 0.25) is 0 Å². The van der Waals surface area contributed by atoms with Crippen LogP contribution in [0.15, 0.2) is 42.5 Å². The van der Waals surface area contributed by atoms with E-state index in [2.05, 4.69) is 10.2 Å². The predicted octanol–water partition coefficient (Wildman–Crippen LogP) is 2.78. The van der Waals surface area contributed by atoms with Gasteiger partial charge < -0.3 is 20.9 Å². The van der Waals surface area contributed by atoms with Crippen LogP contribution in [0.4, 0.5) is 17.1 Å². The molecule has 0 fully saturated rings. The number of carbonyl (C=O) groups excluding carboxylic acids is 2. The second kappa shape index (κ2) is 8.77. The number of rotatable bonds is 4. The second-order valence-electron chi connectivity index (χ2n) is 6.70. The van der Waals surface area contributed by atoms with Crippen LogP contribution in [0, 0.1) is 0 Å². The standard InChI is InChI=1S/C20H24N4O2.ClH/c1-23(2)20(26)14-8-10-15(11-9-14)22-19(25)13-24-12-4-5-16-17(21)6-3-7-18(16)24;/h3,6-11H,4-5,12-13,21H2,1-2H3,(H,22,25);1H. The summed E-state index contributed by atoms with van der Waals surface area (Å²) in [4.78, 5) is 27.9. The molecule has 0 bridgehead atoms. The molecule has 3 rings (SSSR count). The Labute approximate surface area is 165 Å². The van der Waals surface area contributed by atoms with E-state index in [1.54, 1.807) is 38.4 Å². The Morgan fingerprint density at radius 2 is 1.85 bits per heavy atom. The Kier molecular flexibility index (Phi) is 6.69. The molecule has 0 radical (unpaired) electrons. The van der Waals surface area contributed by atoms with Gasteiger partial charge in [0.05, 0.1) is 6.54 Å². The molecule has 0 saturated carbocycles. The van der Waals surface area contributed by atoms with Gasteiger partial charge in [-0.05, 0) is 54.8 Å². The van der Waals surface area contributed by atoms with Crippen molar-refractivity contribution in [3.05, 3.63) is 53.6 Å². The van der Waals surface area contributed by atoms with Gasteiger partial charge in [0.2, 0.25) is 5.91 Å². The van der Waals surface area contributed by atoms with Crippen LogP contribution < -0.4 is 16.0 Å². The topological polar surface area (TPSA) is 78.7 Å². The first-order chi connectivity index (χ1) is 12.5. The van der Waals surface area contributed by atoms with Gasteiger partial charge in [0, 0.05) is 43.3 Å². The van der Waals surface area contributed by atoms with Crippen LogP contribution in [0.5, 0.6) is 0 Å². The summed E-state index contributed by atoms with van der Waals surface area (Å²) in [6, 6.07) is 12.8. The third-order valence-electron chi connectivity index (χ3n) is 4.54. The average Bonchev–Trinajstić information content (AvgIpc) is 2.62. The van der Waals surface area contributed by atoms with E-state index >= 15 is 0 Å². The summed E-state index contributed by atoms with van der Waals surface area (Å²) < 4.78 is 0. The molecule has 3 N–H and O–H groups in total. The van der Waals surface area contributed by atoms with Crippen molar-refractivity contribution in [3.8, 4) is 0 Å². The number of halogens is 1. The first kappa shape index (κ1) is 20.6. The molecule has 2 aromatic rings. The smallest absolute Gasteiger partial charge is 0.253 e. The molecule has 2 aromatic carbocycles. The van der Waals surface area contributed by atoms with Crippen LogP contribution in [0.25, 0.3) is 0 Å². The molecule has 144 valence electrons. The van der Waals surface area contributed by atoms with Crippen molar-refractivity contribution < 1.29 is 9.59 Å². The van der Waals surface area contributed by atoms with Crippen molar-refractivity contribution in [2.45, 2.75) is 12.8 Å². The Hall–Kier alpha value is -2.73. The molecule has 6 nitrogen and oxygen atoms in total. The van der Waals surface area contributed by atoms with Gasteiger partial charge in [-0.25, -0.2) is 0 Å². The molecule has 0 unspecified atom stereocenters. The minimum atomic E-state index is -0.0908. The minimum Gasteiger partial charge on any atom is -0.398 e. The molecular formula is C20H25ClN4O2. The third kappa shape index (κ3) is 4.71. The lowest BCUT2D eigenvalue weighted by molar-refractivity contribution is -0.115. The number of nitrogens with two attached hydrogens (primary N) is 1. The summed E-state index contributed by atoms with van der Waals surface area (Å²) >= 11 is 0. The quantitative estimate of drug-likeness (QED) is 0.789. The number of nitrogens with one attached hydrogen (secondary N) is 1. The molecule has 0 atom stereocenters. The minimum absolute atomic E-state index is 0. The highest BCUT2D eigenvalue weighted by Gasteiger charge is 2.20. The van der Waals surface area contributed by atoms with Gasteiger partial charge in [0.15, 0.2) is 0 Å². The highest BCUT2D eigenvalue weighted by atomic mass is 35.5. The number of hydrogen-bond donors (Lipinski definition) is 2. The largest absolute Gasteiger partial charge is 0.398 e. The molecule has 7 heteroatoms. The van der Waals surface area contributed by atoms with Crippen molar-refractivity contribution in [2.24, 2.45) is 0 Å². The zero-order valence-corrected chi connectivity index (χ0v) is 16.4. The molecule has 2 amide bonds. The molecule has 0 aliphatic carbocycles. The van der Waals surface area contributed by atoms with Gasteiger partial charge in [-0.2, -0.15) is 0 Å². The fourth-order valence-corrected chi connectivity index (χ4v) is 3.22. The number of nitrogen functional groups attached to an aromatic ring is 1. The van der Waals surface area contributed by atoms with Crippen LogP contribution in [0.1, 0.15) is 22.3 Å². The molecular weight excluding hydrogens is 364 g/mol. The Morgan fingerprint density at radius 1 is 1.15 bits per heavy atom. The summed E-state index contributed by atoms with van der Waals surface area (Å²) in [7, 11) is 3.42. The lowest BCUT2D eigenvalue weighted by Gasteiger charge is -2.31. The van der Waals surface area contributed by atoms with Crippen LogP contribution >= 0.6 is 12.4 Å². The third-order valence-corrected chi connectivity index (χ3v) is 4.54. The summed E-state index contributed by atoms with van der Waals surface area (Å²) in [5, 5.41) is 2.89. The Morgan fingerprint density at radius 3 is 2.52 bits per heavy atom. The zero-order chi connectivity index (χ0) is 18.7. The average molecular weight is 389 g/mol. The maximum Gasteiger partial charge on any atom is 0.253 e. The maximum atomic E-state index is 12.4. The van der Waals surface area contributed by atoms with Gasteiger partial charge in [-0.15, -0.1) is 12.4 Å². The normalized spacial score (nSPS) is 12.6. The van der Waals surface area contributed by atoms with Gasteiger partial charge in [-0.1, -0.05) is 6.07 Å². The van der Waals surface area contributed by atoms with Crippen LogP contribution in [-0.4, -0.2) is 43.9 Å². The molecule has 1 aliphatic heterocycles. The lowest BCUT2D eigenvalue weighted by Crippen LogP contribution is -2.37. The lowest BCUT2D eigenvalue weighted by atomic mass is 10.00. The van der Waals surface area contributed by atoms with E-state index in [0.717, 1.165) is 36.3 Å². The monoisotopic (exact) mass is 388 g/mol. The van der Waals surface area contributed by atoms with Gasteiger partial charge >= 0.3 is 0 Å². The van der Waals surface area contributed by atoms with E-state index in [1.165, 1.54) is 4.90 Å². The first-order valence-electron chi connectivity index (χ1n) is 8.69. The SMILES string of the molecule is CN(C)C(=O)c1ccc(NC(=O)CN2CCCc3c(N)cccc32)cc1.Cl.